The van der Waals surface area contributed by atoms with E-state index in [0.29, 0.717) is 24.3 Å². The molecular formula is C15H23NO3. The Morgan fingerprint density at radius 2 is 2.11 bits per heavy atom. The van der Waals surface area contributed by atoms with Crippen LogP contribution >= 0.6 is 0 Å². The Morgan fingerprint density at radius 3 is 2.68 bits per heavy atom. The Kier molecular flexibility index (Phi) is 5.36. The van der Waals surface area contributed by atoms with Crippen LogP contribution in [0.15, 0.2) is 18.2 Å². The van der Waals surface area contributed by atoms with Gasteiger partial charge in [-0.05, 0) is 30.9 Å². The molecule has 0 bridgehead atoms. The Bertz CT molecular complexity index is 441. The average Bonchev–Trinajstić information content (AvgIpc) is 2.36. The summed E-state index contributed by atoms with van der Waals surface area (Å²) >= 11 is 0. The molecule has 1 amide bonds. The van der Waals surface area contributed by atoms with Crippen molar-refractivity contribution in [2.45, 2.75) is 27.2 Å². The van der Waals surface area contributed by atoms with Gasteiger partial charge in [0.15, 0.2) is 0 Å². The summed E-state index contributed by atoms with van der Waals surface area (Å²) in [6.07, 6.45) is 0.651. The number of aliphatic hydroxyl groups is 1. The van der Waals surface area contributed by atoms with Gasteiger partial charge in [-0.1, -0.05) is 25.5 Å². The van der Waals surface area contributed by atoms with E-state index in [1.54, 1.807) is 13.2 Å². The normalized spacial score (nSPS) is 11.2. The fourth-order valence-corrected chi connectivity index (χ4v) is 1.81. The third-order valence-corrected chi connectivity index (χ3v) is 3.12. The number of rotatable bonds is 6. The minimum absolute atomic E-state index is 0.122. The summed E-state index contributed by atoms with van der Waals surface area (Å²) in [5.41, 5.74) is 1.43. The number of carbonyl (C=O) groups is 1. The number of benzene rings is 1. The van der Waals surface area contributed by atoms with Crippen LogP contribution in [-0.4, -0.2) is 31.3 Å². The summed E-state index contributed by atoms with van der Waals surface area (Å²) in [6.45, 7) is 6.60. The van der Waals surface area contributed by atoms with Crippen molar-refractivity contribution in [3.8, 4) is 5.75 Å². The maximum absolute atomic E-state index is 12.2. The van der Waals surface area contributed by atoms with E-state index in [0.717, 1.165) is 5.56 Å². The van der Waals surface area contributed by atoms with Crippen molar-refractivity contribution in [1.82, 2.24) is 5.32 Å². The maximum atomic E-state index is 12.2. The van der Waals surface area contributed by atoms with E-state index >= 15 is 0 Å². The Morgan fingerprint density at radius 1 is 1.42 bits per heavy atom. The molecule has 19 heavy (non-hydrogen) atoms. The zero-order valence-electron chi connectivity index (χ0n) is 12.1. The largest absolute Gasteiger partial charge is 0.496 e. The van der Waals surface area contributed by atoms with Gasteiger partial charge >= 0.3 is 0 Å². The minimum Gasteiger partial charge on any atom is -0.496 e. The van der Waals surface area contributed by atoms with Crippen LogP contribution in [-0.2, 0) is 0 Å². The van der Waals surface area contributed by atoms with Crippen LogP contribution in [0.2, 0.25) is 0 Å². The van der Waals surface area contributed by atoms with Crippen LogP contribution in [0.3, 0.4) is 0 Å². The van der Waals surface area contributed by atoms with E-state index in [1.165, 1.54) is 0 Å². The van der Waals surface area contributed by atoms with Gasteiger partial charge in [-0.2, -0.15) is 0 Å². The molecule has 0 aliphatic rings. The first kappa shape index (κ1) is 15.5. The van der Waals surface area contributed by atoms with E-state index in [4.69, 9.17) is 9.84 Å². The van der Waals surface area contributed by atoms with Gasteiger partial charge in [-0.3, -0.25) is 4.79 Å². The number of methoxy groups -OCH3 is 1. The van der Waals surface area contributed by atoms with E-state index in [-0.39, 0.29) is 17.9 Å². The van der Waals surface area contributed by atoms with Crippen molar-refractivity contribution in [3.63, 3.8) is 0 Å². The quantitative estimate of drug-likeness (QED) is 0.828. The fraction of sp³-hybridized carbons (Fsp3) is 0.533. The maximum Gasteiger partial charge on any atom is 0.255 e. The number of hydrogen-bond acceptors (Lipinski definition) is 3. The highest BCUT2D eigenvalue weighted by Crippen LogP contribution is 2.21. The van der Waals surface area contributed by atoms with Gasteiger partial charge in [-0.15, -0.1) is 0 Å². The molecule has 0 atom stereocenters. The molecule has 0 aliphatic carbocycles. The third-order valence-electron chi connectivity index (χ3n) is 3.12. The Labute approximate surface area is 114 Å². The van der Waals surface area contributed by atoms with E-state index in [2.05, 4.69) is 5.32 Å². The summed E-state index contributed by atoms with van der Waals surface area (Å²) < 4.78 is 5.20. The zero-order valence-corrected chi connectivity index (χ0v) is 12.1. The molecule has 0 aromatic heterocycles. The lowest BCUT2D eigenvalue weighted by Gasteiger charge is -2.24. The lowest BCUT2D eigenvalue weighted by atomic mass is 9.89. The number of amides is 1. The molecule has 106 valence electrons. The van der Waals surface area contributed by atoms with Gasteiger partial charge in [-0.25, -0.2) is 0 Å². The fourth-order valence-electron chi connectivity index (χ4n) is 1.81. The minimum atomic E-state index is -0.147. The first-order valence-corrected chi connectivity index (χ1v) is 6.43. The van der Waals surface area contributed by atoms with Crippen LogP contribution in [0, 0.1) is 12.3 Å². The standard InChI is InChI=1S/C15H23NO3/c1-11-5-6-13(19-4)12(9-11)14(18)16-10-15(2,3)7-8-17/h5-6,9,17H,7-8,10H2,1-4H3,(H,16,18). The van der Waals surface area contributed by atoms with Gasteiger partial charge in [0, 0.05) is 13.2 Å². The zero-order chi connectivity index (χ0) is 14.5. The van der Waals surface area contributed by atoms with Crippen molar-refractivity contribution < 1.29 is 14.6 Å². The summed E-state index contributed by atoms with van der Waals surface area (Å²) in [4.78, 5) is 12.2. The van der Waals surface area contributed by atoms with Crippen molar-refractivity contribution in [3.05, 3.63) is 29.3 Å². The molecule has 0 spiro atoms. The first-order chi connectivity index (χ1) is 8.89. The first-order valence-electron chi connectivity index (χ1n) is 6.43. The lowest BCUT2D eigenvalue weighted by Crippen LogP contribution is -2.34. The van der Waals surface area contributed by atoms with Crippen LogP contribution in [0.5, 0.6) is 5.75 Å². The highest BCUT2D eigenvalue weighted by molar-refractivity contribution is 5.97. The number of carbonyl (C=O) groups excluding carboxylic acids is 1. The molecule has 1 aromatic rings. The second kappa shape index (κ2) is 6.57. The van der Waals surface area contributed by atoms with Crippen LogP contribution < -0.4 is 10.1 Å². The van der Waals surface area contributed by atoms with E-state index in [1.807, 2.05) is 32.9 Å². The summed E-state index contributed by atoms with van der Waals surface area (Å²) in [7, 11) is 1.55. The predicted molar refractivity (Wildman–Crippen MR) is 75.5 cm³/mol. The molecule has 4 heteroatoms. The number of ether oxygens (including phenoxy) is 1. The molecule has 1 aromatic carbocycles. The molecule has 0 saturated carbocycles. The van der Waals surface area contributed by atoms with Crippen molar-refractivity contribution in [2.75, 3.05) is 20.3 Å². The average molecular weight is 265 g/mol. The van der Waals surface area contributed by atoms with Gasteiger partial charge in [0.05, 0.1) is 12.7 Å². The van der Waals surface area contributed by atoms with Gasteiger partial charge in [0.1, 0.15) is 5.75 Å². The highest BCUT2D eigenvalue weighted by atomic mass is 16.5. The topological polar surface area (TPSA) is 58.6 Å². The molecule has 2 N–H and O–H groups in total. The van der Waals surface area contributed by atoms with Gasteiger partial charge in [0.25, 0.3) is 5.91 Å². The number of hydrogen-bond donors (Lipinski definition) is 2. The summed E-state index contributed by atoms with van der Waals surface area (Å²) in [5.74, 6) is 0.426. The molecule has 0 fully saturated rings. The summed E-state index contributed by atoms with van der Waals surface area (Å²) in [6, 6.07) is 5.52. The molecule has 0 unspecified atom stereocenters. The van der Waals surface area contributed by atoms with Gasteiger partial charge in [0.2, 0.25) is 0 Å². The SMILES string of the molecule is COc1ccc(C)cc1C(=O)NCC(C)(C)CCO. The molecular weight excluding hydrogens is 242 g/mol. The van der Waals surface area contributed by atoms with Crippen LogP contribution in [0.25, 0.3) is 0 Å². The molecule has 1 rings (SSSR count). The molecule has 0 aliphatic heterocycles. The highest BCUT2D eigenvalue weighted by Gasteiger charge is 2.20. The predicted octanol–water partition coefficient (Wildman–Crippen LogP) is 2.14. The summed E-state index contributed by atoms with van der Waals surface area (Å²) in [5, 5.41) is 11.9. The van der Waals surface area contributed by atoms with Gasteiger partial charge < -0.3 is 15.2 Å². The van der Waals surface area contributed by atoms with Crippen molar-refractivity contribution in [2.24, 2.45) is 5.41 Å². The molecule has 0 radical (unpaired) electrons. The lowest BCUT2D eigenvalue weighted by molar-refractivity contribution is 0.0925. The third kappa shape index (κ3) is 4.56. The van der Waals surface area contributed by atoms with Crippen molar-refractivity contribution >= 4 is 5.91 Å². The van der Waals surface area contributed by atoms with E-state index < -0.39 is 0 Å². The number of aryl methyl sites for hydroxylation is 1. The Balaban J connectivity index is 2.76. The monoisotopic (exact) mass is 265 g/mol. The molecule has 0 saturated heterocycles. The molecule has 4 nitrogen and oxygen atoms in total. The van der Waals surface area contributed by atoms with Crippen LogP contribution in [0.1, 0.15) is 36.2 Å². The number of nitrogens with one attached hydrogen (secondary N) is 1. The van der Waals surface area contributed by atoms with Crippen molar-refractivity contribution in [1.29, 1.82) is 0 Å². The Hall–Kier alpha value is -1.55. The second-order valence-electron chi connectivity index (χ2n) is 5.52. The smallest absolute Gasteiger partial charge is 0.255 e. The second-order valence-corrected chi connectivity index (χ2v) is 5.52. The van der Waals surface area contributed by atoms with E-state index in [9.17, 15) is 4.79 Å². The molecule has 0 heterocycles. The number of aliphatic hydroxyl groups excluding tert-OH is 1. The van der Waals surface area contributed by atoms with Crippen LogP contribution in [0.4, 0.5) is 0 Å².